The summed E-state index contributed by atoms with van der Waals surface area (Å²) in [4.78, 5) is 34.1. The Hall–Kier alpha value is -3.79. The van der Waals surface area contributed by atoms with Crippen LogP contribution in [0, 0.1) is 6.92 Å². The second-order valence-electron chi connectivity index (χ2n) is 9.25. The molecule has 1 aliphatic rings. The van der Waals surface area contributed by atoms with Gasteiger partial charge in [0, 0.05) is 30.5 Å². The van der Waals surface area contributed by atoms with Crippen molar-refractivity contribution in [3.63, 3.8) is 0 Å². The number of aromatic nitrogens is 1. The number of carbonyl (C=O) groups excluding carboxylic acids is 2. The molecule has 39 heavy (non-hydrogen) atoms. The molecule has 0 radical (unpaired) electrons. The standard InChI is InChI=1S/C29H35N3O6S/c1-19-27(39-18-31-19)12-14-38-24-11-8-20(15-26(24)37-4)17-32(23-7-5-6-13-30-28(23)33)29(34)22-10-9-21(35-2)16-25(22)36-3/h8-11,15-16,18,23H,5-7,12-14,17H2,1-4H3,(H,30,33)/t23-/m0/s1. The van der Waals surface area contributed by atoms with E-state index in [-0.39, 0.29) is 18.4 Å². The molecular weight excluding hydrogens is 518 g/mol. The van der Waals surface area contributed by atoms with Crippen molar-refractivity contribution in [3.8, 4) is 23.0 Å². The van der Waals surface area contributed by atoms with Gasteiger partial charge in [-0.25, -0.2) is 4.98 Å². The molecule has 10 heteroatoms. The van der Waals surface area contributed by atoms with E-state index in [0.29, 0.717) is 48.1 Å². The number of ether oxygens (including phenoxy) is 4. The molecule has 2 aromatic carbocycles. The number of carbonyl (C=O) groups is 2. The largest absolute Gasteiger partial charge is 0.497 e. The highest BCUT2D eigenvalue weighted by atomic mass is 32.1. The summed E-state index contributed by atoms with van der Waals surface area (Å²) in [6.45, 7) is 3.29. The van der Waals surface area contributed by atoms with Gasteiger partial charge in [-0.05, 0) is 56.0 Å². The predicted molar refractivity (Wildman–Crippen MR) is 149 cm³/mol. The van der Waals surface area contributed by atoms with Gasteiger partial charge in [0.1, 0.15) is 17.5 Å². The van der Waals surface area contributed by atoms with Crippen molar-refractivity contribution >= 4 is 23.2 Å². The molecule has 9 nitrogen and oxygen atoms in total. The van der Waals surface area contributed by atoms with E-state index in [0.717, 1.165) is 30.5 Å². The molecular formula is C29H35N3O6S. The van der Waals surface area contributed by atoms with E-state index in [4.69, 9.17) is 18.9 Å². The van der Waals surface area contributed by atoms with E-state index in [1.54, 1.807) is 48.7 Å². The van der Waals surface area contributed by atoms with Crippen LogP contribution in [-0.4, -0.2) is 62.2 Å². The third-order valence-corrected chi connectivity index (χ3v) is 7.79. The lowest BCUT2D eigenvalue weighted by Crippen LogP contribution is -2.48. The molecule has 4 rings (SSSR count). The van der Waals surface area contributed by atoms with Gasteiger partial charge in [0.05, 0.1) is 44.7 Å². The third-order valence-electron chi connectivity index (χ3n) is 6.79. The summed E-state index contributed by atoms with van der Waals surface area (Å²) in [5, 5.41) is 2.95. The number of hydrogen-bond donors (Lipinski definition) is 1. The van der Waals surface area contributed by atoms with E-state index in [9.17, 15) is 9.59 Å². The number of rotatable bonds is 11. The third kappa shape index (κ3) is 6.81. The predicted octanol–water partition coefficient (Wildman–Crippen LogP) is 4.41. The Bertz CT molecular complexity index is 1290. The second-order valence-corrected chi connectivity index (χ2v) is 10.2. The first-order chi connectivity index (χ1) is 18.9. The van der Waals surface area contributed by atoms with Gasteiger partial charge in [0.15, 0.2) is 11.5 Å². The molecule has 0 bridgehead atoms. The van der Waals surface area contributed by atoms with Gasteiger partial charge in [0.25, 0.3) is 5.91 Å². The molecule has 1 aliphatic heterocycles. The fraction of sp³-hybridized carbons (Fsp3) is 0.414. The molecule has 0 aliphatic carbocycles. The maximum atomic E-state index is 14.0. The minimum atomic E-state index is -0.614. The molecule has 0 unspecified atom stereocenters. The zero-order valence-corrected chi connectivity index (χ0v) is 23.6. The second kappa shape index (κ2) is 13.3. The molecule has 2 amide bonds. The summed E-state index contributed by atoms with van der Waals surface area (Å²) in [6.07, 6.45) is 3.04. The van der Waals surface area contributed by atoms with Crippen LogP contribution in [0.2, 0.25) is 0 Å². The number of thiazole rings is 1. The Labute approximate surface area is 233 Å². The molecule has 1 fully saturated rings. The first kappa shape index (κ1) is 28.2. The zero-order chi connectivity index (χ0) is 27.8. The average Bonchev–Trinajstić information content (AvgIpc) is 3.25. The van der Waals surface area contributed by atoms with Crippen molar-refractivity contribution in [1.29, 1.82) is 0 Å². The Morgan fingerprint density at radius 1 is 1.05 bits per heavy atom. The minimum Gasteiger partial charge on any atom is -0.497 e. The number of aryl methyl sites for hydroxylation is 1. The Morgan fingerprint density at radius 3 is 2.59 bits per heavy atom. The highest BCUT2D eigenvalue weighted by Gasteiger charge is 2.33. The van der Waals surface area contributed by atoms with E-state index in [1.807, 2.05) is 30.6 Å². The van der Waals surface area contributed by atoms with Gasteiger partial charge in [-0.1, -0.05) is 6.07 Å². The van der Waals surface area contributed by atoms with E-state index >= 15 is 0 Å². The van der Waals surface area contributed by atoms with Crippen molar-refractivity contribution in [2.75, 3.05) is 34.5 Å². The van der Waals surface area contributed by atoms with Crippen LogP contribution < -0.4 is 24.3 Å². The van der Waals surface area contributed by atoms with Gasteiger partial charge in [-0.15, -0.1) is 11.3 Å². The summed E-state index contributed by atoms with van der Waals surface area (Å²) in [7, 11) is 4.65. The van der Waals surface area contributed by atoms with Crippen LogP contribution in [0.1, 0.15) is 45.8 Å². The summed E-state index contributed by atoms with van der Waals surface area (Å²) in [5.41, 5.74) is 4.03. The number of hydrogen-bond acceptors (Lipinski definition) is 8. The van der Waals surface area contributed by atoms with Crippen LogP contribution >= 0.6 is 11.3 Å². The Balaban J connectivity index is 1.59. The van der Waals surface area contributed by atoms with E-state index < -0.39 is 6.04 Å². The fourth-order valence-electron chi connectivity index (χ4n) is 4.62. The highest BCUT2D eigenvalue weighted by molar-refractivity contribution is 7.09. The molecule has 2 heterocycles. The van der Waals surface area contributed by atoms with Gasteiger partial charge in [-0.2, -0.15) is 0 Å². The van der Waals surface area contributed by atoms with Gasteiger partial charge in [0.2, 0.25) is 5.91 Å². The van der Waals surface area contributed by atoms with E-state index in [1.165, 1.54) is 12.0 Å². The fourth-order valence-corrected chi connectivity index (χ4v) is 5.38. The summed E-state index contributed by atoms with van der Waals surface area (Å²) in [6, 6.07) is 10.0. The van der Waals surface area contributed by atoms with Crippen molar-refractivity contribution < 1.29 is 28.5 Å². The van der Waals surface area contributed by atoms with Crippen LogP contribution in [-0.2, 0) is 17.8 Å². The van der Waals surface area contributed by atoms with Crippen LogP contribution in [0.5, 0.6) is 23.0 Å². The monoisotopic (exact) mass is 553 g/mol. The highest BCUT2D eigenvalue weighted by Crippen LogP contribution is 2.32. The summed E-state index contributed by atoms with van der Waals surface area (Å²) < 4.78 is 22.4. The molecule has 0 spiro atoms. The molecule has 1 atom stereocenters. The van der Waals surface area contributed by atoms with Crippen LogP contribution in [0.4, 0.5) is 0 Å². The van der Waals surface area contributed by atoms with E-state index in [2.05, 4.69) is 10.3 Å². The number of methoxy groups -OCH3 is 3. The molecule has 0 saturated carbocycles. The number of amides is 2. The zero-order valence-electron chi connectivity index (χ0n) is 22.8. The minimum absolute atomic E-state index is 0.154. The quantitative estimate of drug-likeness (QED) is 0.376. The first-order valence-corrected chi connectivity index (χ1v) is 13.8. The molecule has 1 N–H and O–H groups in total. The molecule has 1 aromatic heterocycles. The van der Waals surface area contributed by atoms with Gasteiger partial charge >= 0.3 is 0 Å². The van der Waals surface area contributed by atoms with Crippen LogP contribution in [0.3, 0.4) is 0 Å². The van der Waals surface area contributed by atoms with Crippen molar-refractivity contribution in [1.82, 2.24) is 15.2 Å². The normalized spacial score (nSPS) is 15.2. The lowest BCUT2D eigenvalue weighted by atomic mass is 10.0. The topological polar surface area (TPSA) is 99.2 Å². The van der Waals surface area contributed by atoms with Crippen molar-refractivity contribution in [2.24, 2.45) is 0 Å². The molecule has 208 valence electrons. The molecule has 1 saturated heterocycles. The number of nitrogens with zero attached hydrogens (tertiary/aromatic N) is 2. The summed E-state index contributed by atoms with van der Waals surface area (Å²) >= 11 is 1.62. The SMILES string of the molecule is COc1ccc(C(=O)N(Cc2ccc(OCCc3scnc3C)c(OC)c2)[C@H]2CCCCNC2=O)c(OC)c1. The lowest BCUT2D eigenvalue weighted by Gasteiger charge is -2.31. The molecule has 3 aromatic rings. The lowest BCUT2D eigenvalue weighted by molar-refractivity contribution is -0.125. The van der Waals surface area contributed by atoms with Crippen molar-refractivity contribution in [3.05, 3.63) is 63.6 Å². The number of benzene rings is 2. The average molecular weight is 554 g/mol. The van der Waals surface area contributed by atoms with Crippen LogP contribution in [0.15, 0.2) is 41.9 Å². The van der Waals surface area contributed by atoms with Crippen molar-refractivity contribution in [2.45, 2.75) is 45.2 Å². The Kier molecular flexibility index (Phi) is 9.64. The smallest absolute Gasteiger partial charge is 0.258 e. The van der Waals surface area contributed by atoms with Gasteiger partial charge < -0.3 is 29.2 Å². The Morgan fingerprint density at radius 2 is 1.87 bits per heavy atom. The van der Waals surface area contributed by atoms with Crippen LogP contribution in [0.25, 0.3) is 0 Å². The summed E-state index contributed by atoms with van der Waals surface area (Å²) in [5.74, 6) is 1.69. The number of nitrogens with one attached hydrogen (secondary N) is 1. The van der Waals surface area contributed by atoms with Gasteiger partial charge in [-0.3, -0.25) is 9.59 Å². The maximum Gasteiger partial charge on any atom is 0.258 e. The maximum absolute atomic E-state index is 14.0. The first-order valence-electron chi connectivity index (χ1n) is 12.9.